The fourth-order valence-electron chi connectivity index (χ4n) is 2.34. The maximum atomic E-state index is 11.9. The Balaban J connectivity index is 2.76. The standard InChI is InChI=1S/C16H22O3/c1-15(2,3)9-7-10-12(14(18)19-13(10)17)11(8-9)16(4,5)6/h7-8,13,17H,1-6H3. The van der Waals surface area contributed by atoms with Crippen LogP contribution in [0, 0.1) is 0 Å². The van der Waals surface area contributed by atoms with Crippen LogP contribution in [-0.4, -0.2) is 11.1 Å². The summed E-state index contributed by atoms with van der Waals surface area (Å²) in [5.74, 6) is -0.423. The van der Waals surface area contributed by atoms with Crippen molar-refractivity contribution in [1.29, 1.82) is 0 Å². The molecule has 104 valence electrons. The summed E-state index contributed by atoms with van der Waals surface area (Å²) >= 11 is 0. The summed E-state index contributed by atoms with van der Waals surface area (Å²) in [6.45, 7) is 12.5. The zero-order chi connectivity index (χ0) is 14.6. The van der Waals surface area contributed by atoms with Crippen molar-refractivity contribution in [1.82, 2.24) is 0 Å². The van der Waals surface area contributed by atoms with E-state index >= 15 is 0 Å². The number of benzene rings is 1. The van der Waals surface area contributed by atoms with Gasteiger partial charge in [-0.15, -0.1) is 0 Å². The molecule has 0 aliphatic carbocycles. The van der Waals surface area contributed by atoms with Crippen molar-refractivity contribution in [3.63, 3.8) is 0 Å². The number of carbonyl (C=O) groups excluding carboxylic acids is 1. The van der Waals surface area contributed by atoms with E-state index in [1.54, 1.807) is 0 Å². The number of cyclic esters (lactones) is 1. The molecule has 0 bridgehead atoms. The van der Waals surface area contributed by atoms with Crippen LogP contribution in [0.25, 0.3) is 0 Å². The number of carbonyl (C=O) groups is 1. The molecule has 0 amide bonds. The van der Waals surface area contributed by atoms with E-state index < -0.39 is 12.3 Å². The minimum absolute atomic E-state index is 0.0413. The Bertz CT molecular complexity index is 530. The number of hydrogen-bond acceptors (Lipinski definition) is 3. The topological polar surface area (TPSA) is 46.5 Å². The molecule has 0 saturated heterocycles. The van der Waals surface area contributed by atoms with Gasteiger partial charge in [-0.05, 0) is 28.0 Å². The summed E-state index contributed by atoms with van der Waals surface area (Å²) in [5, 5.41) is 9.89. The third kappa shape index (κ3) is 2.39. The summed E-state index contributed by atoms with van der Waals surface area (Å²) in [7, 11) is 0. The molecule has 1 aromatic rings. The molecule has 0 fully saturated rings. The van der Waals surface area contributed by atoms with Crippen molar-refractivity contribution >= 4 is 5.97 Å². The largest absolute Gasteiger partial charge is 0.428 e. The van der Waals surface area contributed by atoms with E-state index in [4.69, 9.17) is 4.74 Å². The smallest absolute Gasteiger partial charge is 0.341 e. The molecule has 3 nitrogen and oxygen atoms in total. The van der Waals surface area contributed by atoms with E-state index in [-0.39, 0.29) is 10.8 Å². The molecule has 0 spiro atoms. The summed E-state index contributed by atoms with van der Waals surface area (Å²) < 4.78 is 4.95. The van der Waals surface area contributed by atoms with E-state index in [2.05, 4.69) is 47.6 Å². The number of aliphatic hydroxyl groups is 1. The lowest BCUT2D eigenvalue weighted by Gasteiger charge is -2.26. The van der Waals surface area contributed by atoms with Crippen LogP contribution in [0.15, 0.2) is 12.1 Å². The van der Waals surface area contributed by atoms with Gasteiger partial charge in [-0.25, -0.2) is 4.79 Å². The highest BCUT2D eigenvalue weighted by Crippen LogP contribution is 2.39. The van der Waals surface area contributed by atoms with Crippen molar-refractivity contribution in [2.45, 2.75) is 58.7 Å². The Kier molecular flexibility index (Phi) is 3.01. The summed E-state index contributed by atoms with van der Waals surface area (Å²) in [4.78, 5) is 11.9. The molecule has 0 saturated carbocycles. The van der Waals surface area contributed by atoms with Gasteiger partial charge < -0.3 is 9.84 Å². The quantitative estimate of drug-likeness (QED) is 0.728. The maximum Gasteiger partial charge on any atom is 0.341 e. The Labute approximate surface area is 114 Å². The van der Waals surface area contributed by atoms with Crippen LogP contribution in [0.1, 0.15) is 74.9 Å². The van der Waals surface area contributed by atoms with Crippen molar-refractivity contribution in [3.8, 4) is 0 Å². The first-order valence-electron chi connectivity index (χ1n) is 6.60. The van der Waals surface area contributed by atoms with Gasteiger partial charge in [0, 0.05) is 5.56 Å². The molecule has 0 aromatic heterocycles. The number of fused-ring (bicyclic) bond motifs is 1. The van der Waals surface area contributed by atoms with E-state index in [1.807, 2.05) is 6.07 Å². The first-order chi connectivity index (χ1) is 8.51. The first-order valence-corrected chi connectivity index (χ1v) is 6.60. The molecule has 1 heterocycles. The first kappa shape index (κ1) is 14.1. The number of aliphatic hydroxyl groups excluding tert-OH is 1. The number of rotatable bonds is 0. The molecule has 19 heavy (non-hydrogen) atoms. The Hall–Kier alpha value is -1.35. The molecule has 2 rings (SSSR count). The SMILES string of the molecule is CC(C)(C)c1cc2c(c(C(C)(C)C)c1)C(=O)OC2O. The highest BCUT2D eigenvalue weighted by molar-refractivity contribution is 5.96. The number of hydrogen-bond donors (Lipinski definition) is 1. The average Bonchev–Trinajstić information content (AvgIpc) is 2.51. The van der Waals surface area contributed by atoms with Crippen LogP contribution in [-0.2, 0) is 15.6 Å². The normalized spacial score (nSPS) is 19.3. The highest BCUT2D eigenvalue weighted by Gasteiger charge is 2.36. The summed E-state index contributed by atoms with van der Waals surface area (Å²) in [5.41, 5.74) is 2.97. The molecule has 1 aliphatic rings. The van der Waals surface area contributed by atoms with E-state index in [0.29, 0.717) is 11.1 Å². The van der Waals surface area contributed by atoms with E-state index in [0.717, 1.165) is 11.1 Å². The van der Waals surface area contributed by atoms with Crippen LogP contribution in [0.2, 0.25) is 0 Å². The van der Waals surface area contributed by atoms with Crippen LogP contribution in [0.3, 0.4) is 0 Å². The highest BCUT2D eigenvalue weighted by atomic mass is 16.6. The molecular weight excluding hydrogens is 240 g/mol. The zero-order valence-corrected chi connectivity index (χ0v) is 12.5. The van der Waals surface area contributed by atoms with Gasteiger partial charge in [-0.2, -0.15) is 0 Å². The van der Waals surface area contributed by atoms with Gasteiger partial charge in [0.25, 0.3) is 0 Å². The van der Waals surface area contributed by atoms with Crippen LogP contribution in [0.4, 0.5) is 0 Å². The van der Waals surface area contributed by atoms with Gasteiger partial charge in [0.15, 0.2) is 0 Å². The third-order valence-electron chi connectivity index (χ3n) is 3.53. The van der Waals surface area contributed by atoms with Gasteiger partial charge >= 0.3 is 5.97 Å². The fourth-order valence-corrected chi connectivity index (χ4v) is 2.34. The van der Waals surface area contributed by atoms with E-state index in [1.165, 1.54) is 0 Å². The van der Waals surface area contributed by atoms with Crippen LogP contribution >= 0.6 is 0 Å². The van der Waals surface area contributed by atoms with Crippen molar-refractivity contribution < 1.29 is 14.6 Å². The Morgan fingerprint density at radius 2 is 1.63 bits per heavy atom. The maximum absolute atomic E-state index is 11.9. The molecule has 1 unspecified atom stereocenters. The monoisotopic (exact) mass is 262 g/mol. The molecule has 1 aliphatic heterocycles. The fraction of sp³-hybridized carbons (Fsp3) is 0.562. The molecular formula is C16H22O3. The van der Waals surface area contributed by atoms with Gasteiger partial charge in [0.1, 0.15) is 0 Å². The minimum atomic E-state index is -1.13. The summed E-state index contributed by atoms with van der Waals surface area (Å²) in [6.07, 6.45) is -1.13. The lowest BCUT2D eigenvalue weighted by atomic mass is 9.77. The zero-order valence-electron chi connectivity index (χ0n) is 12.5. The van der Waals surface area contributed by atoms with Crippen molar-refractivity contribution in [3.05, 3.63) is 34.4 Å². The molecule has 0 radical (unpaired) electrons. The second-order valence-electron chi connectivity index (χ2n) is 7.25. The van der Waals surface area contributed by atoms with Gasteiger partial charge in [0.05, 0.1) is 5.56 Å². The third-order valence-corrected chi connectivity index (χ3v) is 3.53. The lowest BCUT2D eigenvalue weighted by Crippen LogP contribution is -2.20. The van der Waals surface area contributed by atoms with Crippen molar-refractivity contribution in [2.24, 2.45) is 0 Å². The van der Waals surface area contributed by atoms with Gasteiger partial charge in [0.2, 0.25) is 6.29 Å². The summed E-state index contributed by atoms with van der Waals surface area (Å²) in [6, 6.07) is 3.96. The van der Waals surface area contributed by atoms with Gasteiger partial charge in [-0.3, -0.25) is 0 Å². The minimum Gasteiger partial charge on any atom is -0.428 e. The number of ether oxygens (including phenoxy) is 1. The second-order valence-corrected chi connectivity index (χ2v) is 7.25. The Morgan fingerprint density at radius 1 is 1.05 bits per heavy atom. The van der Waals surface area contributed by atoms with Gasteiger partial charge in [-0.1, -0.05) is 47.6 Å². The Morgan fingerprint density at radius 3 is 2.11 bits per heavy atom. The second kappa shape index (κ2) is 4.07. The van der Waals surface area contributed by atoms with Crippen LogP contribution < -0.4 is 0 Å². The van der Waals surface area contributed by atoms with Crippen molar-refractivity contribution in [2.75, 3.05) is 0 Å². The predicted octanol–water partition coefficient (Wildman–Crippen LogP) is 3.44. The number of esters is 1. The predicted molar refractivity (Wildman–Crippen MR) is 74.2 cm³/mol. The molecule has 1 N–H and O–H groups in total. The molecule has 1 atom stereocenters. The molecule has 3 heteroatoms. The average molecular weight is 262 g/mol. The van der Waals surface area contributed by atoms with E-state index in [9.17, 15) is 9.90 Å². The van der Waals surface area contributed by atoms with Crippen LogP contribution in [0.5, 0.6) is 0 Å². The molecule has 1 aromatic carbocycles. The lowest BCUT2D eigenvalue weighted by molar-refractivity contribution is -0.0548.